The average molecular weight is 374 g/mol. The molecule has 0 saturated heterocycles. The molecule has 5 heteroatoms. The third kappa shape index (κ3) is 3.13. The number of primary amides is 1. The normalized spacial score (nSPS) is 11.3. The van der Waals surface area contributed by atoms with E-state index >= 15 is 0 Å². The summed E-state index contributed by atoms with van der Waals surface area (Å²) in [4.78, 5) is 12.7. The van der Waals surface area contributed by atoms with Crippen LogP contribution in [-0.2, 0) is 10.2 Å². The molecular formula is C20H14Cl2FNO. The number of amides is 1. The van der Waals surface area contributed by atoms with E-state index in [0.29, 0.717) is 26.7 Å². The Bertz CT molecular complexity index is 780. The fourth-order valence-corrected chi connectivity index (χ4v) is 3.28. The van der Waals surface area contributed by atoms with Gasteiger partial charge in [0.25, 0.3) is 0 Å². The Hall–Kier alpha value is -2.36. The van der Waals surface area contributed by atoms with Gasteiger partial charge in [-0.1, -0.05) is 59.6 Å². The molecule has 0 radical (unpaired) electrons. The molecule has 3 aromatic carbocycles. The fourth-order valence-electron chi connectivity index (χ4n) is 3.03. The lowest BCUT2D eigenvalue weighted by atomic mass is 9.69. The van der Waals surface area contributed by atoms with E-state index in [-0.39, 0.29) is 0 Å². The van der Waals surface area contributed by atoms with Crippen LogP contribution >= 0.6 is 23.2 Å². The third-order valence-electron chi connectivity index (χ3n) is 4.20. The van der Waals surface area contributed by atoms with Crippen molar-refractivity contribution < 1.29 is 9.18 Å². The van der Waals surface area contributed by atoms with Crippen LogP contribution in [0.3, 0.4) is 0 Å². The molecule has 1 amide bonds. The zero-order valence-corrected chi connectivity index (χ0v) is 14.6. The molecule has 126 valence electrons. The van der Waals surface area contributed by atoms with Gasteiger partial charge in [-0.05, 0) is 53.1 Å². The molecule has 0 saturated carbocycles. The summed E-state index contributed by atoms with van der Waals surface area (Å²) in [6.07, 6.45) is 0. The maximum Gasteiger partial charge on any atom is 0.237 e. The van der Waals surface area contributed by atoms with Gasteiger partial charge in [0.15, 0.2) is 0 Å². The molecule has 0 aliphatic heterocycles. The Kier molecular flexibility index (Phi) is 4.80. The number of hydrogen-bond acceptors (Lipinski definition) is 1. The van der Waals surface area contributed by atoms with Crippen LogP contribution in [0.4, 0.5) is 4.39 Å². The summed E-state index contributed by atoms with van der Waals surface area (Å²) in [5.41, 5.74) is 6.43. The molecule has 0 heterocycles. The fraction of sp³-hybridized carbons (Fsp3) is 0.0500. The predicted octanol–water partition coefficient (Wildman–Crippen LogP) is 4.95. The van der Waals surface area contributed by atoms with Gasteiger partial charge >= 0.3 is 0 Å². The molecular weight excluding hydrogens is 360 g/mol. The topological polar surface area (TPSA) is 43.1 Å². The standard InChI is InChI=1S/C20H14Cl2FNO/c21-16-7-1-13(2-8-16)20(19(24)25,14-3-9-17(22)10-4-14)15-5-11-18(23)12-6-15/h1-12H,(H2,24,25). The van der Waals surface area contributed by atoms with Crippen LogP contribution in [0, 0.1) is 5.82 Å². The van der Waals surface area contributed by atoms with Gasteiger partial charge in [-0.3, -0.25) is 4.79 Å². The Morgan fingerprint density at radius 2 is 1.04 bits per heavy atom. The van der Waals surface area contributed by atoms with Gasteiger partial charge in [0.2, 0.25) is 5.91 Å². The van der Waals surface area contributed by atoms with Crippen LogP contribution < -0.4 is 5.73 Å². The number of halogens is 3. The number of carbonyl (C=O) groups is 1. The highest BCUT2D eigenvalue weighted by Crippen LogP contribution is 2.40. The second-order valence-corrected chi connectivity index (χ2v) is 6.51. The van der Waals surface area contributed by atoms with Crippen LogP contribution in [0.1, 0.15) is 16.7 Å². The molecule has 0 aliphatic rings. The first kappa shape index (κ1) is 17.5. The van der Waals surface area contributed by atoms with Gasteiger partial charge in [0.1, 0.15) is 11.2 Å². The largest absolute Gasteiger partial charge is 0.368 e. The summed E-state index contributed by atoms with van der Waals surface area (Å²) < 4.78 is 13.4. The first-order chi connectivity index (χ1) is 11.9. The van der Waals surface area contributed by atoms with Gasteiger partial charge in [0, 0.05) is 10.0 Å². The van der Waals surface area contributed by atoms with Crippen molar-refractivity contribution in [2.45, 2.75) is 5.41 Å². The summed E-state index contributed by atoms with van der Waals surface area (Å²) in [5, 5.41) is 1.08. The van der Waals surface area contributed by atoms with Crippen LogP contribution in [0.25, 0.3) is 0 Å². The lowest BCUT2D eigenvalue weighted by molar-refractivity contribution is -0.120. The van der Waals surface area contributed by atoms with Gasteiger partial charge in [-0.15, -0.1) is 0 Å². The number of rotatable bonds is 4. The molecule has 2 nitrogen and oxygen atoms in total. The molecule has 25 heavy (non-hydrogen) atoms. The van der Waals surface area contributed by atoms with Crippen molar-refractivity contribution in [3.63, 3.8) is 0 Å². The smallest absolute Gasteiger partial charge is 0.237 e. The van der Waals surface area contributed by atoms with E-state index < -0.39 is 17.1 Å². The van der Waals surface area contributed by atoms with Crippen LogP contribution in [-0.4, -0.2) is 5.91 Å². The van der Waals surface area contributed by atoms with E-state index in [1.54, 1.807) is 60.7 Å². The van der Waals surface area contributed by atoms with Crippen molar-refractivity contribution in [3.8, 4) is 0 Å². The lowest BCUT2D eigenvalue weighted by Gasteiger charge is -2.32. The summed E-state index contributed by atoms with van der Waals surface area (Å²) in [6, 6.07) is 19.4. The summed E-state index contributed by atoms with van der Waals surface area (Å²) in [5.74, 6) is -0.974. The van der Waals surface area contributed by atoms with E-state index in [2.05, 4.69) is 0 Å². The highest BCUT2D eigenvalue weighted by Gasteiger charge is 2.42. The van der Waals surface area contributed by atoms with Crippen LogP contribution in [0.2, 0.25) is 10.0 Å². The molecule has 0 spiro atoms. The summed E-state index contributed by atoms with van der Waals surface area (Å²) in [6.45, 7) is 0. The van der Waals surface area contributed by atoms with E-state index in [0.717, 1.165) is 0 Å². The Morgan fingerprint density at radius 3 is 1.36 bits per heavy atom. The predicted molar refractivity (Wildman–Crippen MR) is 98.4 cm³/mol. The number of carbonyl (C=O) groups excluding carboxylic acids is 1. The van der Waals surface area contributed by atoms with E-state index in [1.807, 2.05) is 0 Å². The van der Waals surface area contributed by atoms with Crippen molar-refractivity contribution in [2.75, 3.05) is 0 Å². The molecule has 0 aromatic heterocycles. The second-order valence-electron chi connectivity index (χ2n) is 5.63. The SMILES string of the molecule is NC(=O)C(c1ccc(F)cc1)(c1ccc(Cl)cc1)c1ccc(Cl)cc1. The Balaban J connectivity index is 2.35. The van der Waals surface area contributed by atoms with Crippen molar-refractivity contribution in [2.24, 2.45) is 5.73 Å². The molecule has 3 rings (SSSR count). The van der Waals surface area contributed by atoms with E-state index in [4.69, 9.17) is 28.9 Å². The maximum atomic E-state index is 13.4. The average Bonchev–Trinajstić information content (AvgIpc) is 2.60. The van der Waals surface area contributed by atoms with Crippen molar-refractivity contribution in [3.05, 3.63) is 105 Å². The maximum absolute atomic E-state index is 13.4. The third-order valence-corrected chi connectivity index (χ3v) is 4.71. The van der Waals surface area contributed by atoms with Crippen molar-refractivity contribution in [1.82, 2.24) is 0 Å². The van der Waals surface area contributed by atoms with Crippen LogP contribution in [0.5, 0.6) is 0 Å². The molecule has 0 fully saturated rings. The Labute approximate surface area is 155 Å². The zero-order chi connectivity index (χ0) is 18.0. The number of hydrogen-bond donors (Lipinski definition) is 1. The minimum absolute atomic E-state index is 0.394. The van der Waals surface area contributed by atoms with Crippen molar-refractivity contribution in [1.29, 1.82) is 0 Å². The Morgan fingerprint density at radius 1 is 0.720 bits per heavy atom. The van der Waals surface area contributed by atoms with E-state index in [1.165, 1.54) is 12.1 Å². The number of nitrogens with two attached hydrogens (primary N) is 1. The number of benzene rings is 3. The molecule has 0 aliphatic carbocycles. The first-order valence-corrected chi connectivity index (χ1v) is 8.28. The quantitative estimate of drug-likeness (QED) is 0.645. The molecule has 0 atom stereocenters. The molecule has 3 aromatic rings. The lowest BCUT2D eigenvalue weighted by Crippen LogP contribution is -2.43. The first-order valence-electron chi connectivity index (χ1n) is 7.52. The van der Waals surface area contributed by atoms with Crippen molar-refractivity contribution >= 4 is 29.1 Å². The van der Waals surface area contributed by atoms with Crippen LogP contribution in [0.15, 0.2) is 72.8 Å². The molecule has 0 bridgehead atoms. The molecule has 0 unspecified atom stereocenters. The van der Waals surface area contributed by atoms with E-state index in [9.17, 15) is 9.18 Å². The monoisotopic (exact) mass is 373 g/mol. The summed E-state index contributed by atoms with van der Waals surface area (Å²) in [7, 11) is 0. The highest BCUT2D eigenvalue weighted by molar-refractivity contribution is 6.30. The summed E-state index contributed by atoms with van der Waals surface area (Å²) >= 11 is 12.0. The minimum atomic E-state index is -1.29. The van der Waals surface area contributed by atoms with Gasteiger partial charge in [0.05, 0.1) is 0 Å². The zero-order valence-electron chi connectivity index (χ0n) is 13.0. The second kappa shape index (κ2) is 6.87. The van der Waals surface area contributed by atoms with Gasteiger partial charge < -0.3 is 5.73 Å². The van der Waals surface area contributed by atoms with Gasteiger partial charge in [-0.25, -0.2) is 4.39 Å². The van der Waals surface area contributed by atoms with Gasteiger partial charge in [-0.2, -0.15) is 0 Å². The highest BCUT2D eigenvalue weighted by atomic mass is 35.5. The molecule has 2 N–H and O–H groups in total. The minimum Gasteiger partial charge on any atom is -0.368 e.